The van der Waals surface area contributed by atoms with Crippen LogP contribution in [0.2, 0.25) is 0 Å². The van der Waals surface area contributed by atoms with Gasteiger partial charge in [0.15, 0.2) is 6.10 Å². The van der Waals surface area contributed by atoms with E-state index in [2.05, 4.69) is 148 Å². The smallest absolute Gasteiger partial charge is 0.306 e. The van der Waals surface area contributed by atoms with E-state index in [0.717, 1.165) is 109 Å². The van der Waals surface area contributed by atoms with Crippen molar-refractivity contribution in [1.82, 2.24) is 0 Å². The number of unbranched alkanes of at least 4 members (excludes halogenated alkanes) is 37. The zero-order valence-electron chi connectivity index (χ0n) is 63.0. The minimum Gasteiger partial charge on any atom is -0.756 e. The van der Waals surface area contributed by atoms with Gasteiger partial charge in [-0.15, -0.1) is 0 Å². The Bertz CT molecular complexity index is 2090. The number of esters is 2. The molecule has 0 aromatic carbocycles. The van der Waals surface area contributed by atoms with Crippen LogP contribution in [0.5, 0.6) is 0 Å². The number of phosphoric ester groups is 1. The predicted octanol–water partition coefficient (Wildman–Crippen LogP) is 26.1. The molecule has 0 saturated heterocycles. The highest BCUT2D eigenvalue weighted by Crippen LogP contribution is 2.38. The molecular weight excluding hydrogens is 1210 g/mol. The largest absolute Gasteiger partial charge is 0.756 e. The van der Waals surface area contributed by atoms with Crippen molar-refractivity contribution < 1.29 is 42.1 Å². The summed E-state index contributed by atoms with van der Waals surface area (Å²) in [6.45, 7) is 4.05. The zero-order chi connectivity index (χ0) is 69.7. The van der Waals surface area contributed by atoms with Gasteiger partial charge in [-0.25, -0.2) is 0 Å². The molecule has 0 aromatic heterocycles. The van der Waals surface area contributed by atoms with Crippen LogP contribution in [-0.2, 0) is 32.7 Å². The Hall–Kier alpha value is -3.85. The number of ether oxygens (including phenoxy) is 2. The molecule has 2 unspecified atom stereocenters. The summed E-state index contributed by atoms with van der Waals surface area (Å²) in [5.74, 6) is -0.822. The lowest BCUT2D eigenvalue weighted by Crippen LogP contribution is -2.37. The lowest BCUT2D eigenvalue weighted by atomic mass is 10.0. The first kappa shape index (κ1) is 92.2. The lowest BCUT2D eigenvalue weighted by Gasteiger charge is -2.28. The Labute approximate surface area is 593 Å². The fraction of sp³-hybridized carbons (Fsp3) is 0.721. The Balaban J connectivity index is 3.96. The van der Waals surface area contributed by atoms with Gasteiger partial charge in [0.2, 0.25) is 0 Å². The lowest BCUT2D eigenvalue weighted by molar-refractivity contribution is -0.870. The van der Waals surface area contributed by atoms with Crippen LogP contribution in [0.15, 0.2) is 134 Å². The molecule has 0 amide bonds. The topological polar surface area (TPSA) is 111 Å². The molecular formula is C86H150NO8P. The summed E-state index contributed by atoms with van der Waals surface area (Å²) < 4.78 is 34.4. The van der Waals surface area contributed by atoms with Crippen molar-refractivity contribution in [3.05, 3.63) is 134 Å². The Morgan fingerprint density at radius 1 is 0.323 bits per heavy atom. The molecule has 552 valence electrons. The van der Waals surface area contributed by atoms with Crippen molar-refractivity contribution in [2.45, 2.75) is 354 Å². The van der Waals surface area contributed by atoms with Crippen LogP contribution < -0.4 is 4.89 Å². The minimum absolute atomic E-state index is 0.0331. The molecule has 0 fully saturated rings. The number of phosphoric acid groups is 1. The normalized spacial score (nSPS) is 13.8. The van der Waals surface area contributed by atoms with E-state index in [1.54, 1.807) is 0 Å². The number of carbonyl (C=O) groups is 2. The van der Waals surface area contributed by atoms with Crippen LogP contribution in [-0.4, -0.2) is 70.0 Å². The van der Waals surface area contributed by atoms with E-state index >= 15 is 0 Å². The van der Waals surface area contributed by atoms with Crippen LogP contribution in [0.25, 0.3) is 0 Å². The molecule has 2 atom stereocenters. The van der Waals surface area contributed by atoms with Crippen LogP contribution in [0.3, 0.4) is 0 Å². The Morgan fingerprint density at radius 3 is 0.833 bits per heavy atom. The van der Waals surface area contributed by atoms with Gasteiger partial charge in [0, 0.05) is 12.8 Å². The first-order valence-corrected chi connectivity index (χ1v) is 41.4. The van der Waals surface area contributed by atoms with Crippen molar-refractivity contribution in [1.29, 1.82) is 0 Å². The van der Waals surface area contributed by atoms with Gasteiger partial charge < -0.3 is 27.9 Å². The van der Waals surface area contributed by atoms with E-state index in [1.165, 1.54) is 205 Å². The third-order valence-electron chi connectivity index (χ3n) is 17.2. The van der Waals surface area contributed by atoms with Crippen molar-refractivity contribution in [2.24, 2.45) is 0 Å². The Morgan fingerprint density at radius 2 is 0.562 bits per heavy atom. The van der Waals surface area contributed by atoms with E-state index in [-0.39, 0.29) is 32.0 Å². The number of quaternary nitrogens is 1. The van der Waals surface area contributed by atoms with Gasteiger partial charge >= 0.3 is 11.9 Å². The van der Waals surface area contributed by atoms with Gasteiger partial charge in [-0.1, -0.05) is 359 Å². The molecule has 0 rings (SSSR count). The van der Waals surface area contributed by atoms with Crippen LogP contribution in [0.1, 0.15) is 348 Å². The molecule has 0 bridgehead atoms. The first-order chi connectivity index (χ1) is 47.0. The molecule has 9 nitrogen and oxygen atoms in total. The third kappa shape index (κ3) is 79.1. The standard InChI is InChI=1S/C86H150NO8P/c1-6-8-10-12-14-16-18-20-22-24-26-28-30-32-34-36-38-40-42-43-45-46-48-50-52-54-56-58-60-62-64-66-68-70-72-74-76-78-85(88)92-82-84(83-94-96(90,91)93-81-80-87(3,4)5)95-86(89)79-77-75-73-71-69-67-65-63-61-59-57-55-53-51-49-47-44-41-39-37-35-33-31-29-27-25-23-21-19-17-15-13-11-9-7-2/h8-11,14-17,20-23,26-29,32-35,39,41,84H,6-7,12-13,18-19,24-25,30-31,36-38,40,42-83H2,1-5H3/b10-8-,11-9-,16-14-,17-15-,22-20-,23-21-,28-26-,29-27-,34-32-,35-33-,41-39-. The number of likely N-dealkylation sites (N-methyl/N-ethyl adjacent to an activating group) is 1. The van der Waals surface area contributed by atoms with E-state index in [4.69, 9.17) is 18.5 Å². The second kappa shape index (κ2) is 75.4. The van der Waals surface area contributed by atoms with E-state index < -0.39 is 26.5 Å². The fourth-order valence-corrected chi connectivity index (χ4v) is 11.9. The number of hydrogen-bond acceptors (Lipinski definition) is 8. The maximum absolute atomic E-state index is 12.9. The van der Waals surface area contributed by atoms with Crippen molar-refractivity contribution in [3.8, 4) is 0 Å². The summed E-state index contributed by atoms with van der Waals surface area (Å²) in [5.41, 5.74) is 0. The molecule has 0 radical (unpaired) electrons. The van der Waals surface area contributed by atoms with E-state index in [1.807, 2.05) is 21.1 Å². The van der Waals surface area contributed by atoms with Crippen LogP contribution >= 0.6 is 7.82 Å². The summed E-state index contributed by atoms with van der Waals surface area (Å²) in [4.78, 5) is 38.2. The second-order valence-electron chi connectivity index (χ2n) is 27.7. The van der Waals surface area contributed by atoms with Gasteiger partial charge in [-0.05, 0) is 109 Å². The highest BCUT2D eigenvalue weighted by atomic mass is 31.2. The quantitative estimate of drug-likeness (QED) is 0.0195. The fourth-order valence-electron chi connectivity index (χ4n) is 11.2. The molecule has 0 aliphatic carbocycles. The summed E-state index contributed by atoms with van der Waals surface area (Å²) in [6, 6.07) is 0. The molecule has 10 heteroatoms. The van der Waals surface area contributed by atoms with Gasteiger partial charge in [0.1, 0.15) is 19.8 Å². The van der Waals surface area contributed by atoms with E-state index in [0.29, 0.717) is 17.4 Å². The molecule has 0 aromatic rings. The molecule has 0 aliphatic heterocycles. The molecule has 0 N–H and O–H groups in total. The number of carbonyl (C=O) groups excluding carboxylic acids is 2. The zero-order valence-corrected chi connectivity index (χ0v) is 63.9. The predicted molar refractivity (Wildman–Crippen MR) is 415 cm³/mol. The average molecular weight is 1360 g/mol. The highest BCUT2D eigenvalue weighted by molar-refractivity contribution is 7.45. The summed E-state index contributed by atoms with van der Waals surface area (Å²) in [6.07, 6.45) is 110. The number of rotatable bonds is 73. The number of nitrogens with zero attached hydrogens (tertiary/aromatic N) is 1. The van der Waals surface area contributed by atoms with Crippen molar-refractivity contribution in [3.63, 3.8) is 0 Å². The highest BCUT2D eigenvalue weighted by Gasteiger charge is 2.22. The van der Waals surface area contributed by atoms with Crippen LogP contribution in [0, 0.1) is 0 Å². The molecule has 0 aliphatic rings. The van der Waals surface area contributed by atoms with Crippen LogP contribution in [0.4, 0.5) is 0 Å². The molecule has 0 heterocycles. The number of allylic oxidation sites excluding steroid dienone is 22. The monoisotopic (exact) mass is 1360 g/mol. The maximum atomic E-state index is 12.9. The van der Waals surface area contributed by atoms with Gasteiger partial charge in [0.05, 0.1) is 27.7 Å². The van der Waals surface area contributed by atoms with Gasteiger partial charge in [-0.2, -0.15) is 0 Å². The van der Waals surface area contributed by atoms with Gasteiger partial charge in [-0.3, -0.25) is 14.2 Å². The molecule has 0 spiro atoms. The third-order valence-corrected chi connectivity index (χ3v) is 18.1. The minimum atomic E-state index is -4.65. The summed E-state index contributed by atoms with van der Waals surface area (Å²) >= 11 is 0. The summed E-state index contributed by atoms with van der Waals surface area (Å²) in [7, 11) is 1.17. The van der Waals surface area contributed by atoms with Crippen molar-refractivity contribution in [2.75, 3.05) is 47.5 Å². The Kier molecular flexibility index (Phi) is 72.3. The first-order valence-electron chi connectivity index (χ1n) is 39.9. The SMILES string of the molecule is CC/C=C\C/C=C\C/C=C\C/C=C\C/C=C\C/C=C\CCCCCCCCCCCCCCCCCCC(=O)OC(COC(=O)CCCCCCCCCCCCCCCCCCCCCCC/C=C\C/C=C\C/C=C\C/C=C\C/C=C\CC)COP(=O)([O-])OCC[N+](C)(C)C. The second-order valence-corrected chi connectivity index (χ2v) is 29.1. The van der Waals surface area contributed by atoms with Gasteiger partial charge in [0.25, 0.3) is 7.82 Å². The van der Waals surface area contributed by atoms with Crippen molar-refractivity contribution >= 4 is 19.8 Å². The average Bonchev–Trinajstić information content (AvgIpc) is 2.74. The van der Waals surface area contributed by atoms with E-state index in [9.17, 15) is 19.0 Å². The molecule has 0 saturated carbocycles. The summed E-state index contributed by atoms with van der Waals surface area (Å²) in [5, 5.41) is 0. The number of hydrogen-bond donors (Lipinski definition) is 0. The maximum Gasteiger partial charge on any atom is 0.306 e. The molecule has 96 heavy (non-hydrogen) atoms.